The van der Waals surface area contributed by atoms with Crippen molar-refractivity contribution < 1.29 is 4.79 Å². The van der Waals surface area contributed by atoms with Crippen LogP contribution in [0.15, 0.2) is 6.33 Å². The van der Waals surface area contributed by atoms with E-state index < -0.39 is 0 Å². The second-order valence-corrected chi connectivity index (χ2v) is 5.11. The van der Waals surface area contributed by atoms with Gasteiger partial charge in [0.15, 0.2) is 0 Å². The highest BCUT2D eigenvalue weighted by Gasteiger charge is 2.33. The van der Waals surface area contributed by atoms with Crippen molar-refractivity contribution in [1.29, 1.82) is 0 Å². The lowest BCUT2D eigenvalue weighted by Gasteiger charge is -2.22. The Hall–Kier alpha value is -1.63. The quantitative estimate of drug-likeness (QED) is 0.767. The third kappa shape index (κ3) is 2.61. The molecule has 2 unspecified atom stereocenters. The molecule has 18 heavy (non-hydrogen) atoms. The highest BCUT2D eigenvalue weighted by atomic mass is 16.2. The predicted molar refractivity (Wildman–Crippen MR) is 67.7 cm³/mol. The Balaban J connectivity index is 1.95. The van der Waals surface area contributed by atoms with E-state index in [1.165, 1.54) is 11.0 Å². The Bertz CT molecular complexity index is 429. The molecule has 0 aromatic carbocycles. The van der Waals surface area contributed by atoms with Crippen LogP contribution in [-0.2, 0) is 11.3 Å². The standard InChI is InChI=1S/C11H20N6O/c1-8-4-16(5-9(8)15(2)3)10(18)6-17-7-13-11(12)14-17/h7-9H,4-6H2,1-3H3,(H2,12,14). The third-order valence-electron chi connectivity index (χ3n) is 3.44. The largest absolute Gasteiger partial charge is 0.367 e. The van der Waals surface area contributed by atoms with Crippen LogP contribution in [-0.4, -0.2) is 63.7 Å². The van der Waals surface area contributed by atoms with Gasteiger partial charge in [0.25, 0.3) is 0 Å². The van der Waals surface area contributed by atoms with E-state index >= 15 is 0 Å². The Kier molecular flexibility index (Phi) is 3.51. The Labute approximate surface area is 107 Å². The number of nitrogens with zero attached hydrogens (tertiary/aromatic N) is 5. The second-order valence-electron chi connectivity index (χ2n) is 5.11. The molecule has 100 valence electrons. The molecule has 0 radical (unpaired) electrons. The van der Waals surface area contributed by atoms with Gasteiger partial charge >= 0.3 is 0 Å². The first-order chi connectivity index (χ1) is 8.47. The number of carbonyl (C=O) groups excluding carboxylic acids is 1. The average Bonchev–Trinajstić information content (AvgIpc) is 2.85. The number of aromatic nitrogens is 3. The minimum absolute atomic E-state index is 0.0658. The summed E-state index contributed by atoms with van der Waals surface area (Å²) in [6, 6.07) is 0.426. The summed E-state index contributed by atoms with van der Waals surface area (Å²) in [7, 11) is 4.10. The SMILES string of the molecule is CC1CN(C(=O)Cn2cnc(N)n2)CC1N(C)C. The van der Waals surface area contributed by atoms with E-state index in [-0.39, 0.29) is 18.4 Å². The zero-order valence-electron chi connectivity index (χ0n) is 11.1. The maximum Gasteiger partial charge on any atom is 0.244 e. The van der Waals surface area contributed by atoms with Gasteiger partial charge in [0.1, 0.15) is 12.9 Å². The minimum atomic E-state index is 0.0658. The highest BCUT2D eigenvalue weighted by molar-refractivity contribution is 5.76. The molecule has 0 spiro atoms. The lowest BCUT2D eigenvalue weighted by Crippen LogP contribution is -2.36. The van der Waals surface area contributed by atoms with E-state index in [0.717, 1.165) is 13.1 Å². The Morgan fingerprint density at radius 1 is 1.56 bits per heavy atom. The van der Waals surface area contributed by atoms with Crippen molar-refractivity contribution in [3.05, 3.63) is 6.33 Å². The topological polar surface area (TPSA) is 80.3 Å². The molecule has 1 aromatic rings. The molecule has 0 aliphatic carbocycles. The average molecular weight is 252 g/mol. The number of nitrogens with two attached hydrogens (primary N) is 1. The zero-order valence-corrected chi connectivity index (χ0v) is 11.1. The number of hydrogen-bond acceptors (Lipinski definition) is 5. The van der Waals surface area contributed by atoms with Crippen molar-refractivity contribution in [3.63, 3.8) is 0 Å². The van der Waals surface area contributed by atoms with Gasteiger partial charge in [0, 0.05) is 19.1 Å². The fourth-order valence-electron chi connectivity index (χ4n) is 2.45. The maximum atomic E-state index is 12.1. The van der Waals surface area contributed by atoms with Gasteiger partial charge in [0.2, 0.25) is 11.9 Å². The van der Waals surface area contributed by atoms with E-state index in [2.05, 4.69) is 21.9 Å². The molecule has 0 bridgehead atoms. The number of carbonyl (C=O) groups is 1. The normalized spacial score (nSPS) is 23.9. The fourth-order valence-corrected chi connectivity index (χ4v) is 2.45. The number of likely N-dealkylation sites (N-methyl/N-ethyl adjacent to an activating group) is 1. The van der Waals surface area contributed by atoms with Crippen LogP contribution in [0, 0.1) is 5.92 Å². The Morgan fingerprint density at radius 3 is 2.78 bits per heavy atom. The van der Waals surface area contributed by atoms with Crippen LogP contribution >= 0.6 is 0 Å². The maximum absolute atomic E-state index is 12.1. The number of nitrogen functional groups attached to an aromatic ring is 1. The smallest absolute Gasteiger partial charge is 0.244 e. The number of rotatable bonds is 3. The molecule has 1 aliphatic heterocycles. The lowest BCUT2D eigenvalue weighted by atomic mass is 10.1. The van der Waals surface area contributed by atoms with E-state index in [0.29, 0.717) is 12.0 Å². The van der Waals surface area contributed by atoms with Gasteiger partial charge in [0.05, 0.1) is 0 Å². The molecule has 7 nitrogen and oxygen atoms in total. The van der Waals surface area contributed by atoms with E-state index in [4.69, 9.17) is 5.73 Å². The van der Waals surface area contributed by atoms with Gasteiger partial charge in [-0.1, -0.05) is 6.92 Å². The van der Waals surface area contributed by atoms with E-state index in [1.807, 2.05) is 19.0 Å². The first-order valence-electron chi connectivity index (χ1n) is 6.06. The van der Waals surface area contributed by atoms with Gasteiger partial charge in [-0.05, 0) is 20.0 Å². The molecular weight excluding hydrogens is 232 g/mol. The summed E-state index contributed by atoms with van der Waals surface area (Å²) >= 11 is 0. The highest BCUT2D eigenvalue weighted by Crippen LogP contribution is 2.20. The molecule has 0 saturated carbocycles. The molecule has 1 aromatic heterocycles. The molecule has 2 rings (SSSR count). The minimum Gasteiger partial charge on any atom is -0.367 e. The molecular formula is C11H20N6O. The van der Waals surface area contributed by atoms with Crippen LogP contribution in [0.5, 0.6) is 0 Å². The van der Waals surface area contributed by atoms with Crippen LogP contribution in [0.25, 0.3) is 0 Å². The molecule has 7 heteroatoms. The van der Waals surface area contributed by atoms with Crippen LogP contribution < -0.4 is 5.73 Å². The zero-order chi connectivity index (χ0) is 13.3. The van der Waals surface area contributed by atoms with Gasteiger partial charge in [-0.3, -0.25) is 4.79 Å². The monoisotopic (exact) mass is 252 g/mol. The number of amides is 1. The summed E-state index contributed by atoms with van der Waals surface area (Å²) < 4.78 is 1.48. The van der Waals surface area contributed by atoms with Crippen LogP contribution in [0.1, 0.15) is 6.92 Å². The molecule has 1 fully saturated rings. The van der Waals surface area contributed by atoms with Crippen LogP contribution in [0.2, 0.25) is 0 Å². The van der Waals surface area contributed by atoms with Gasteiger partial charge in [-0.2, -0.15) is 0 Å². The van der Waals surface area contributed by atoms with Gasteiger partial charge < -0.3 is 15.5 Å². The molecule has 2 atom stereocenters. The van der Waals surface area contributed by atoms with E-state index in [9.17, 15) is 4.79 Å². The molecule has 1 aliphatic rings. The number of anilines is 1. The summed E-state index contributed by atoms with van der Waals surface area (Å²) in [5, 5.41) is 3.92. The molecule has 2 N–H and O–H groups in total. The summed E-state index contributed by atoms with van der Waals surface area (Å²) in [5.74, 6) is 0.754. The van der Waals surface area contributed by atoms with E-state index in [1.54, 1.807) is 0 Å². The van der Waals surface area contributed by atoms with Crippen LogP contribution in [0.4, 0.5) is 5.95 Å². The second kappa shape index (κ2) is 4.93. The third-order valence-corrected chi connectivity index (χ3v) is 3.44. The molecule has 1 saturated heterocycles. The van der Waals surface area contributed by atoms with Crippen molar-refractivity contribution in [2.24, 2.45) is 5.92 Å². The van der Waals surface area contributed by atoms with Crippen molar-refractivity contribution >= 4 is 11.9 Å². The van der Waals surface area contributed by atoms with Crippen molar-refractivity contribution in [3.8, 4) is 0 Å². The van der Waals surface area contributed by atoms with Gasteiger partial charge in [-0.25, -0.2) is 9.67 Å². The lowest BCUT2D eigenvalue weighted by molar-refractivity contribution is -0.131. The number of likely N-dealkylation sites (tertiary alicyclic amines) is 1. The van der Waals surface area contributed by atoms with Gasteiger partial charge in [-0.15, -0.1) is 5.10 Å². The summed E-state index contributed by atoms with van der Waals surface area (Å²) in [4.78, 5) is 20.0. The summed E-state index contributed by atoms with van der Waals surface area (Å²) in [6.45, 7) is 3.95. The first-order valence-corrected chi connectivity index (χ1v) is 6.06. The van der Waals surface area contributed by atoms with Crippen molar-refractivity contribution in [1.82, 2.24) is 24.6 Å². The number of hydrogen-bond donors (Lipinski definition) is 1. The predicted octanol–water partition coefficient (Wildman–Crippen LogP) is -0.731. The summed E-state index contributed by atoms with van der Waals surface area (Å²) in [5.41, 5.74) is 5.42. The van der Waals surface area contributed by atoms with Crippen LogP contribution in [0.3, 0.4) is 0 Å². The fraction of sp³-hybridized carbons (Fsp3) is 0.727. The molecule has 1 amide bonds. The summed E-state index contributed by atoms with van der Waals surface area (Å²) in [6.07, 6.45) is 1.48. The Morgan fingerprint density at radius 2 is 2.28 bits per heavy atom. The molecule has 2 heterocycles. The van der Waals surface area contributed by atoms with Crippen molar-refractivity contribution in [2.75, 3.05) is 32.9 Å². The first kappa shape index (κ1) is 12.8. The van der Waals surface area contributed by atoms with Crippen molar-refractivity contribution in [2.45, 2.75) is 19.5 Å².